The molecule has 2 fully saturated rings. The minimum absolute atomic E-state index is 0.551. The van der Waals surface area contributed by atoms with Crippen molar-refractivity contribution >= 4 is 17.4 Å². The molecule has 0 spiro atoms. The van der Waals surface area contributed by atoms with Gasteiger partial charge in [-0.2, -0.15) is 0 Å². The molecule has 2 aliphatic rings. The standard InChI is InChI=1S/C29H43ClN4/c1-22(2)17-27-21-34(26-12-15-32(16-13-26)29-7-5-6-14-31-29)28(20-33(27)19-23(3)4)18-24-8-10-25(30)11-9-24/h5-11,14,22-23,26-28H,12-13,15-21H2,1-4H3/t27-,28-/m0/s1. The van der Waals surface area contributed by atoms with E-state index in [0.29, 0.717) is 24.0 Å². The summed E-state index contributed by atoms with van der Waals surface area (Å²) in [7, 11) is 0. The number of benzene rings is 1. The van der Waals surface area contributed by atoms with E-state index < -0.39 is 0 Å². The number of pyridine rings is 1. The van der Waals surface area contributed by atoms with Gasteiger partial charge in [-0.05, 0) is 67.3 Å². The summed E-state index contributed by atoms with van der Waals surface area (Å²) in [5.74, 6) is 2.54. The minimum atomic E-state index is 0.551. The molecule has 5 heteroatoms. The van der Waals surface area contributed by atoms with E-state index in [1.54, 1.807) is 0 Å². The Morgan fingerprint density at radius 2 is 1.65 bits per heavy atom. The summed E-state index contributed by atoms with van der Waals surface area (Å²) in [5.41, 5.74) is 1.40. The summed E-state index contributed by atoms with van der Waals surface area (Å²) in [5, 5.41) is 0.824. The van der Waals surface area contributed by atoms with Crippen LogP contribution in [0, 0.1) is 11.8 Å². The molecular weight excluding hydrogens is 440 g/mol. The predicted octanol–water partition coefficient (Wildman–Crippen LogP) is 6.00. The summed E-state index contributed by atoms with van der Waals surface area (Å²) < 4.78 is 0. The van der Waals surface area contributed by atoms with Crippen molar-refractivity contribution in [3.05, 3.63) is 59.2 Å². The highest BCUT2D eigenvalue weighted by atomic mass is 35.5. The summed E-state index contributed by atoms with van der Waals surface area (Å²) in [6.07, 6.45) is 6.72. The van der Waals surface area contributed by atoms with Gasteiger partial charge in [-0.1, -0.05) is 57.5 Å². The van der Waals surface area contributed by atoms with E-state index in [2.05, 4.69) is 71.6 Å². The van der Waals surface area contributed by atoms with E-state index in [4.69, 9.17) is 11.6 Å². The molecule has 2 atom stereocenters. The Balaban J connectivity index is 1.51. The highest BCUT2D eigenvalue weighted by Crippen LogP contribution is 2.30. The average Bonchev–Trinajstić information content (AvgIpc) is 2.82. The first-order valence-corrected chi connectivity index (χ1v) is 13.7. The average molecular weight is 483 g/mol. The molecule has 0 aliphatic carbocycles. The van der Waals surface area contributed by atoms with Gasteiger partial charge in [0, 0.05) is 62.1 Å². The molecule has 34 heavy (non-hydrogen) atoms. The van der Waals surface area contributed by atoms with Crippen LogP contribution in [0.2, 0.25) is 5.02 Å². The van der Waals surface area contributed by atoms with E-state index in [9.17, 15) is 0 Å². The topological polar surface area (TPSA) is 22.6 Å². The van der Waals surface area contributed by atoms with E-state index in [-0.39, 0.29) is 0 Å². The van der Waals surface area contributed by atoms with Crippen molar-refractivity contribution in [3.8, 4) is 0 Å². The maximum absolute atomic E-state index is 6.19. The van der Waals surface area contributed by atoms with Crippen LogP contribution in [0.25, 0.3) is 0 Å². The molecule has 0 amide bonds. The van der Waals surface area contributed by atoms with Crippen LogP contribution in [-0.2, 0) is 6.42 Å². The second-order valence-electron chi connectivity index (χ2n) is 11.2. The zero-order valence-corrected chi connectivity index (χ0v) is 22.3. The van der Waals surface area contributed by atoms with Gasteiger partial charge in [0.15, 0.2) is 0 Å². The smallest absolute Gasteiger partial charge is 0.128 e. The minimum Gasteiger partial charge on any atom is -0.357 e. The highest BCUT2D eigenvalue weighted by Gasteiger charge is 2.38. The number of piperidine rings is 1. The molecule has 0 bridgehead atoms. The number of piperazine rings is 1. The lowest BCUT2D eigenvalue weighted by Gasteiger charge is -2.52. The van der Waals surface area contributed by atoms with E-state index in [0.717, 1.165) is 36.3 Å². The molecule has 3 heterocycles. The van der Waals surface area contributed by atoms with Crippen molar-refractivity contribution in [1.82, 2.24) is 14.8 Å². The molecule has 186 valence electrons. The van der Waals surface area contributed by atoms with Gasteiger partial charge in [0.1, 0.15) is 5.82 Å². The van der Waals surface area contributed by atoms with Crippen LogP contribution in [0.3, 0.4) is 0 Å². The van der Waals surface area contributed by atoms with Crippen LogP contribution in [0.4, 0.5) is 5.82 Å². The Morgan fingerprint density at radius 1 is 0.912 bits per heavy atom. The molecule has 2 aromatic rings. The summed E-state index contributed by atoms with van der Waals surface area (Å²) in [6.45, 7) is 15.2. The first kappa shape index (κ1) is 25.5. The van der Waals surface area contributed by atoms with E-state index in [1.807, 2.05) is 24.4 Å². The van der Waals surface area contributed by atoms with E-state index in [1.165, 1.54) is 44.5 Å². The number of aromatic nitrogens is 1. The molecule has 0 radical (unpaired) electrons. The number of hydrogen-bond acceptors (Lipinski definition) is 4. The SMILES string of the molecule is CC(C)C[C@H]1CN(C2CCN(c3ccccn3)CC2)[C@@H](Cc2ccc(Cl)cc2)CN1CC(C)C. The number of anilines is 1. The lowest BCUT2D eigenvalue weighted by Crippen LogP contribution is -2.63. The zero-order chi connectivity index (χ0) is 24.1. The first-order chi connectivity index (χ1) is 16.4. The predicted molar refractivity (Wildman–Crippen MR) is 145 cm³/mol. The molecule has 0 unspecified atom stereocenters. The molecule has 1 aromatic carbocycles. The Morgan fingerprint density at radius 3 is 2.26 bits per heavy atom. The van der Waals surface area contributed by atoms with Crippen molar-refractivity contribution in [2.75, 3.05) is 37.6 Å². The lowest BCUT2D eigenvalue weighted by atomic mass is 9.90. The number of nitrogens with zero attached hydrogens (tertiary/aromatic N) is 4. The van der Waals surface area contributed by atoms with Crippen molar-refractivity contribution in [2.24, 2.45) is 11.8 Å². The monoisotopic (exact) mass is 482 g/mol. The van der Waals surface area contributed by atoms with Gasteiger partial charge >= 0.3 is 0 Å². The van der Waals surface area contributed by atoms with Crippen molar-refractivity contribution in [1.29, 1.82) is 0 Å². The molecule has 4 rings (SSSR count). The second-order valence-corrected chi connectivity index (χ2v) is 11.7. The first-order valence-electron chi connectivity index (χ1n) is 13.3. The highest BCUT2D eigenvalue weighted by molar-refractivity contribution is 6.30. The molecule has 2 saturated heterocycles. The van der Waals surface area contributed by atoms with Crippen LogP contribution in [0.1, 0.15) is 52.5 Å². The molecule has 0 N–H and O–H groups in total. The third-order valence-corrected chi connectivity index (χ3v) is 7.74. The van der Waals surface area contributed by atoms with E-state index >= 15 is 0 Å². The van der Waals surface area contributed by atoms with Crippen LogP contribution < -0.4 is 4.90 Å². The fraction of sp³-hybridized carbons (Fsp3) is 0.621. The maximum Gasteiger partial charge on any atom is 0.128 e. The van der Waals surface area contributed by atoms with Crippen molar-refractivity contribution in [3.63, 3.8) is 0 Å². The van der Waals surface area contributed by atoms with Gasteiger partial charge in [0.25, 0.3) is 0 Å². The number of rotatable bonds is 8. The Kier molecular flexibility index (Phi) is 8.90. The van der Waals surface area contributed by atoms with Gasteiger partial charge in [0.05, 0.1) is 0 Å². The third kappa shape index (κ3) is 6.74. The van der Waals surface area contributed by atoms with Crippen LogP contribution in [0.15, 0.2) is 48.7 Å². The molecule has 4 nitrogen and oxygen atoms in total. The van der Waals surface area contributed by atoms with Gasteiger partial charge in [-0.15, -0.1) is 0 Å². The van der Waals surface area contributed by atoms with Gasteiger partial charge < -0.3 is 4.90 Å². The summed E-state index contributed by atoms with van der Waals surface area (Å²) >= 11 is 6.19. The van der Waals surface area contributed by atoms with Gasteiger partial charge in [0.2, 0.25) is 0 Å². The quantitative estimate of drug-likeness (QED) is 0.460. The van der Waals surface area contributed by atoms with Gasteiger partial charge in [-0.3, -0.25) is 9.80 Å². The van der Waals surface area contributed by atoms with Crippen LogP contribution in [0.5, 0.6) is 0 Å². The summed E-state index contributed by atoms with van der Waals surface area (Å²) in [6, 6.07) is 16.6. The third-order valence-electron chi connectivity index (χ3n) is 7.49. The normalized spacial score (nSPS) is 23.2. The zero-order valence-electron chi connectivity index (χ0n) is 21.5. The van der Waals surface area contributed by atoms with Crippen LogP contribution >= 0.6 is 11.6 Å². The second kappa shape index (κ2) is 11.9. The van der Waals surface area contributed by atoms with Crippen LogP contribution in [-0.4, -0.2) is 65.6 Å². The number of halogens is 1. The Hall–Kier alpha value is -1.62. The molecule has 0 saturated carbocycles. The molecule has 2 aliphatic heterocycles. The maximum atomic E-state index is 6.19. The van der Waals surface area contributed by atoms with Gasteiger partial charge in [-0.25, -0.2) is 4.98 Å². The Bertz CT molecular complexity index is 861. The molecule has 1 aromatic heterocycles. The molecular formula is C29H43ClN4. The number of hydrogen-bond donors (Lipinski definition) is 0. The fourth-order valence-electron chi connectivity index (χ4n) is 5.98. The van der Waals surface area contributed by atoms with Crippen molar-refractivity contribution in [2.45, 2.75) is 71.5 Å². The summed E-state index contributed by atoms with van der Waals surface area (Å²) in [4.78, 5) is 12.8. The fourth-order valence-corrected chi connectivity index (χ4v) is 6.11. The Labute approximate surface area is 212 Å². The largest absolute Gasteiger partial charge is 0.357 e. The van der Waals surface area contributed by atoms with Crippen molar-refractivity contribution < 1.29 is 0 Å². The lowest BCUT2D eigenvalue weighted by molar-refractivity contribution is -0.0156.